The van der Waals surface area contributed by atoms with Gasteiger partial charge in [-0.3, -0.25) is 9.59 Å². The molecular weight excluding hydrogens is 268 g/mol. The zero-order valence-electron chi connectivity index (χ0n) is 13.2. The molecule has 0 bridgehead atoms. The van der Waals surface area contributed by atoms with Gasteiger partial charge in [-0.25, -0.2) is 0 Å². The summed E-state index contributed by atoms with van der Waals surface area (Å²) in [5.74, 6) is -1.25. The van der Waals surface area contributed by atoms with Crippen LogP contribution in [0.4, 0.5) is 0 Å². The lowest BCUT2D eigenvalue weighted by atomic mass is 9.77. The van der Waals surface area contributed by atoms with Gasteiger partial charge < -0.3 is 15.7 Å². The molecule has 2 fully saturated rings. The molecule has 1 heterocycles. The van der Waals surface area contributed by atoms with Crippen molar-refractivity contribution in [3.63, 3.8) is 0 Å². The van der Waals surface area contributed by atoms with E-state index in [1.54, 1.807) is 0 Å². The van der Waals surface area contributed by atoms with E-state index in [2.05, 4.69) is 24.5 Å². The van der Waals surface area contributed by atoms with Crippen LogP contribution in [0.2, 0.25) is 0 Å². The molecular formula is C16H28N2O3. The highest BCUT2D eigenvalue weighted by Crippen LogP contribution is 2.31. The molecule has 21 heavy (non-hydrogen) atoms. The summed E-state index contributed by atoms with van der Waals surface area (Å²) >= 11 is 0. The molecule has 0 spiro atoms. The second kappa shape index (κ2) is 6.77. The van der Waals surface area contributed by atoms with Gasteiger partial charge >= 0.3 is 5.97 Å². The Kier molecular flexibility index (Phi) is 5.25. The molecule has 1 saturated heterocycles. The van der Waals surface area contributed by atoms with Crippen molar-refractivity contribution in [1.29, 1.82) is 0 Å². The van der Waals surface area contributed by atoms with Crippen molar-refractivity contribution in [3.8, 4) is 0 Å². The monoisotopic (exact) mass is 296 g/mol. The van der Waals surface area contributed by atoms with Crippen LogP contribution in [-0.2, 0) is 9.59 Å². The third kappa shape index (κ3) is 3.96. The normalized spacial score (nSPS) is 33.0. The second-order valence-electron chi connectivity index (χ2n) is 7.18. The Morgan fingerprint density at radius 3 is 2.52 bits per heavy atom. The number of rotatable bonds is 3. The zero-order valence-corrected chi connectivity index (χ0v) is 13.2. The zero-order chi connectivity index (χ0) is 15.5. The molecule has 1 aliphatic heterocycles. The van der Waals surface area contributed by atoms with Crippen LogP contribution in [0.3, 0.4) is 0 Å². The van der Waals surface area contributed by atoms with Gasteiger partial charge in [-0.2, -0.15) is 0 Å². The summed E-state index contributed by atoms with van der Waals surface area (Å²) in [6.45, 7) is 5.06. The van der Waals surface area contributed by atoms with Gasteiger partial charge in [0.15, 0.2) is 0 Å². The Morgan fingerprint density at radius 2 is 1.86 bits per heavy atom. The van der Waals surface area contributed by atoms with Crippen LogP contribution in [-0.4, -0.2) is 35.6 Å². The average molecular weight is 296 g/mol. The van der Waals surface area contributed by atoms with E-state index in [1.165, 1.54) is 0 Å². The molecule has 120 valence electrons. The highest BCUT2D eigenvalue weighted by molar-refractivity contribution is 5.84. The van der Waals surface area contributed by atoms with Crippen molar-refractivity contribution in [2.75, 3.05) is 6.54 Å². The fourth-order valence-electron chi connectivity index (χ4n) is 3.70. The fraction of sp³-hybridized carbons (Fsp3) is 0.875. The quantitative estimate of drug-likeness (QED) is 0.695. The minimum Gasteiger partial charge on any atom is -0.481 e. The second-order valence-corrected chi connectivity index (χ2v) is 7.18. The summed E-state index contributed by atoms with van der Waals surface area (Å²) in [5.41, 5.74) is -0.0776. The van der Waals surface area contributed by atoms with Crippen LogP contribution in [0.1, 0.15) is 58.8 Å². The predicted molar refractivity (Wildman–Crippen MR) is 80.9 cm³/mol. The van der Waals surface area contributed by atoms with Gasteiger partial charge in [0.2, 0.25) is 5.91 Å². The maximum Gasteiger partial charge on any atom is 0.308 e. The Hall–Kier alpha value is -1.10. The number of carboxylic acids is 1. The van der Waals surface area contributed by atoms with Crippen molar-refractivity contribution in [1.82, 2.24) is 10.6 Å². The molecule has 0 aromatic heterocycles. The number of carboxylic acid groups (broad SMARTS) is 1. The highest BCUT2D eigenvalue weighted by atomic mass is 16.4. The molecule has 2 rings (SSSR count). The predicted octanol–water partition coefficient (Wildman–Crippen LogP) is 1.91. The van der Waals surface area contributed by atoms with E-state index in [9.17, 15) is 14.7 Å². The molecule has 0 radical (unpaired) electrons. The summed E-state index contributed by atoms with van der Waals surface area (Å²) in [6, 6.07) is -0.444. The third-order valence-electron chi connectivity index (χ3n) is 5.05. The van der Waals surface area contributed by atoms with E-state index < -0.39 is 11.9 Å². The van der Waals surface area contributed by atoms with Crippen molar-refractivity contribution in [2.24, 2.45) is 11.3 Å². The van der Waals surface area contributed by atoms with Gasteiger partial charge in [0, 0.05) is 6.04 Å². The molecule has 5 heteroatoms. The van der Waals surface area contributed by atoms with Crippen molar-refractivity contribution >= 4 is 11.9 Å². The van der Waals surface area contributed by atoms with Crippen molar-refractivity contribution in [2.45, 2.75) is 70.9 Å². The first-order valence-corrected chi connectivity index (χ1v) is 8.18. The maximum absolute atomic E-state index is 12.6. The Balaban J connectivity index is 2.03. The molecule has 2 aliphatic rings. The van der Waals surface area contributed by atoms with Crippen molar-refractivity contribution < 1.29 is 14.7 Å². The first-order chi connectivity index (χ1) is 9.92. The Labute approximate surface area is 126 Å². The minimum atomic E-state index is -0.780. The van der Waals surface area contributed by atoms with E-state index in [0.29, 0.717) is 6.42 Å². The Morgan fingerprint density at radius 1 is 1.14 bits per heavy atom. The minimum absolute atomic E-state index is 0.0298. The molecule has 0 aromatic rings. The van der Waals surface area contributed by atoms with Crippen LogP contribution in [0, 0.1) is 11.3 Å². The smallest absolute Gasteiger partial charge is 0.308 e. The van der Waals surface area contributed by atoms with Crippen LogP contribution in [0.15, 0.2) is 0 Å². The molecule has 1 saturated carbocycles. The summed E-state index contributed by atoms with van der Waals surface area (Å²) in [5, 5.41) is 15.7. The number of nitrogens with one attached hydrogen (secondary N) is 2. The highest BCUT2D eigenvalue weighted by Gasteiger charge is 2.39. The Bertz CT molecular complexity index is 395. The van der Waals surface area contributed by atoms with Gasteiger partial charge in [-0.05, 0) is 37.6 Å². The number of piperidine rings is 1. The molecule has 0 aromatic carbocycles. The van der Waals surface area contributed by atoms with E-state index in [1.807, 2.05) is 0 Å². The standard InChI is InChI=1S/C16H28N2O3/c1-16(2)9-6-10-17-13(16)14(19)18-12-8-5-3-4-7-11(12)15(20)21/h11-13,17H,3-10H2,1-2H3,(H,18,19)(H,20,21). The third-order valence-corrected chi connectivity index (χ3v) is 5.05. The van der Waals surface area contributed by atoms with Gasteiger partial charge in [-0.1, -0.05) is 33.1 Å². The number of amides is 1. The SMILES string of the molecule is CC1(C)CCCNC1C(=O)NC1CCCCCC1C(=O)O. The number of hydrogen-bond acceptors (Lipinski definition) is 3. The van der Waals surface area contributed by atoms with Crippen LogP contribution in [0.25, 0.3) is 0 Å². The van der Waals surface area contributed by atoms with Crippen LogP contribution < -0.4 is 10.6 Å². The lowest BCUT2D eigenvalue weighted by molar-refractivity contribution is -0.143. The van der Waals surface area contributed by atoms with Gasteiger partial charge in [0.05, 0.1) is 12.0 Å². The molecule has 1 aliphatic carbocycles. The summed E-state index contributed by atoms with van der Waals surface area (Å²) < 4.78 is 0. The molecule has 3 atom stereocenters. The number of hydrogen-bond donors (Lipinski definition) is 3. The van der Waals surface area contributed by atoms with Crippen LogP contribution >= 0.6 is 0 Å². The topological polar surface area (TPSA) is 78.4 Å². The van der Waals surface area contributed by atoms with E-state index in [0.717, 1.165) is 45.1 Å². The lowest BCUT2D eigenvalue weighted by Gasteiger charge is -2.39. The number of aliphatic carboxylic acids is 1. The molecule has 3 N–H and O–H groups in total. The fourth-order valence-corrected chi connectivity index (χ4v) is 3.70. The van der Waals surface area contributed by atoms with Crippen LogP contribution in [0.5, 0.6) is 0 Å². The number of carbonyl (C=O) groups is 2. The first-order valence-electron chi connectivity index (χ1n) is 8.18. The first kappa shape index (κ1) is 16.3. The number of carbonyl (C=O) groups excluding carboxylic acids is 1. The van der Waals surface area contributed by atoms with E-state index >= 15 is 0 Å². The lowest BCUT2D eigenvalue weighted by Crippen LogP contribution is -2.58. The van der Waals surface area contributed by atoms with Gasteiger partial charge in [-0.15, -0.1) is 0 Å². The average Bonchev–Trinajstić information content (AvgIpc) is 2.63. The van der Waals surface area contributed by atoms with Gasteiger partial charge in [0.25, 0.3) is 0 Å². The molecule has 1 amide bonds. The molecule has 3 unspecified atom stereocenters. The van der Waals surface area contributed by atoms with E-state index in [4.69, 9.17) is 0 Å². The molecule has 5 nitrogen and oxygen atoms in total. The van der Waals surface area contributed by atoms with E-state index in [-0.39, 0.29) is 23.4 Å². The van der Waals surface area contributed by atoms with Gasteiger partial charge in [0.1, 0.15) is 0 Å². The summed E-state index contributed by atoms with van der Waals surface area (Å²) in [7, 11) is 0. The van der Waals surface area contributed by atoms with Crippen molar-refractivity contribution in [3.05, 3.63) is 0 Å². The summed E-state index contributed by atoms with van der Waals surface area (Å²) in [6.07, 6.45) is 6.54. The largest absolute Gasteiger partial charge is 0.481 e. The summed E-state index contributed by atoms with van der Waals surface area (Å²) in [4.78, 5) is 24.0. The maximum atomic E-state index is 12.6.